The Bertz CT molecular complexity index is 1570. The van der Waals surface area contributed by atoms with Gasteiger partial charge in [-0.2, -0.15) is 4.98 Å². The van der Waals surface area contributed by atoms with E-state index in [0.29, 0.717) is 41.9 Å². The number of carbonyl (C=O) groups is 1. The molecular formula is C27H33N3O6S2. The maximum atomic E-state index is 13.0. The van der Waals surface area contributed by atoms with Crippen LogP contribution in [0.2, 0.25) is 0 Å². The summed E-state index contributed by atoms with van der Waals surface area (Å²) < 4.78 is 57.1. The SMILES string of the molecule is CNC(=O)c1c(-c2ccc(C3CC3)cc2)oc2nc(NS(=O)(=O)CCCCCS(C)(=O)=O)c(C3CC3)cc12. The van der Waals surface area contributed by atoms with Crippen molar-refractivity contribution in [1.82, 2.24) is 10.3 Å². The minimum absolute atomic E-state index is 0.0440. The van der Waals surface area contributed by atoms with Crippen molar-refractivity contribution in [2.24, 2.45) is 0 Å². The number of hydrogen-bond acceptors (Lipinski definition) is 7. The molecular weight excluding hydrogens is 526 g/mol. The molecule has 0 spiro atoms. The molecule has 2 heterocycles. The molecule has 38 heavy (non-hydrogen) atoms. The molecule has 204 valence electrons. The van der Waals surface area contributed by atoms with Crippen LogP contribution in [0.15, 0.2) is 34.7 Å². The van der Waals surface area contributed by atoms with Crippen molar-refractivity contribution in [3.8, 4) is 11.3 Å². The van der Waals surface area contributed by atoms with Crippen LogP contribution < -0.4 is 10.0 Å². The molecule has 9 nitrogen and oxygen atoms in total. The molecule has 1 aromatic carbocycles. The van der Waals surface area contributed by atoms with Gasteiger partial charge in [0.05, 0.1) is 16.7 Å². The predicted molar refractivity (Wildman–Crippen MR) is 148 cm³/mol. The van der Waals surface area contributed by atoms with E-state index < -0.39 is 19.9 Å². The number of benzene rings is 1. The Balaban J connectivity index is 1.45. The van der Waals surface area contributed by atoms with Crippen LogP contribution in [0.25, 0.3) is 22.4 Å². The van der Waals surface area contributed by atoms with Crippen LogP contribution in [-0.2, 0) is 19.9 Å². The number of anilines is 1. The van der Waals surface area contributed by atoms with Crippen molar-refractivity contribution in [2.75, 3.05) is 29.5 Å². The van der Waals surface area contributed by atoms with E-state index in [1.807, 2.05) is 18.2 Å². The van der Waals surface area contributed by atoms with Crippen LogP contribution in [0.5, 0.6) is 0 Å². The Morgan fingerprint density at radius 2 is 1.63 bits per heavy atom. The molecule has 1 amide bonds. The highest BCUT2D eigenvalue weighted by Gasteiger charge is 2.32. The average molecular weight is 560 g/mol. The summed E-state index contributed by atoms with van der Waals surface area (Å²) in [7, 11) is -5.21. The molecule has 0 saturated heterocycles. The maximum Gasteiger partial charge on any atom is 0.255 e. The molecule has 0 aliphatic heterocycles. The first-order valence-corrected chi connectivity index (χ1v) is 16.7. The van der Waals surface area contributed by atoms with E-state index in [2.05, 4.69) is 27.2 Å². The Morgan fingerprint density at radius 1 is 0.974 bits per heavy atom. The summed E-state index contributed by atoms with van der Waals surface area (Å²) in [6, 6.07) is 9.86. The van der Waals surface area contributed by atoms with Gasteiger partial charge in [-0.3, -0.25) is 9.52 Å². The molecule has 11 heteroatoms. The van der Waals surface area contributed by atoms with Crippen LogP contribution in [0, 0.1) is 0 Å². The lowest BCUT2D eigenvalue weighted by Crippen LogP contribution is -2.19. The van der Waals surface area contributed by atoms with Crippen molar-refractivity contribution in [2.45, 2.75) is 56.8 Å². The summed E-state index contributed by atoms with van der Waals surface area (Å²) in [6.07, 6.45) is 6.64. The zero-order chi connectivity index (χ0) is 27.1. The number of rotatable bonds is 12. The van der Waals surface area contributed by atoms with E-state index in [9.17, 15) is 21.6 Å². The highest BCUT2D eigenvalue weighted by molar-refractivity contribution is 7.92. The Labute approximate surface area is 223 Å². The number of nitrogens with zero attached hydrogens (tertiary/aromatic N) is 1. The minimum atomic E-state index is -3.71. The van der Waals surface area contributed by atoms with Crippen LogP contribution in [0.4, 0.5) is 5.82 Å². The number of sulfone groups is 1. The van der Waals surface area contributed by atoms with Crippen LogP contribution in [0.1, 0.15) is 78.3 Å². The first-order chi connectivity index (χ1) is 18.0. The summed E-state index contributed by atoms with van der Waals surface area (Å²) in [6.45, 7) is 0. The Morgan fingerprint density at radius 3 is 2.24 bits per heavy atom. The zero-order valence-corrected chi connectivity index (χ0v) is 23.3. The quantitative estimate of drug-likeness (QED) is 0.310. The highest BCUT2D eigenvalue weighted by atomic mass is 32.2. The monoisotopic (exact) mass is 559 g/mol. The summed E-state index contributed by atoms with van der Waals surface area (Å²) >= 11 is 0. The summed E-state index contributed by atoms with van der Waals surface area (Å²) in [4.78, 5) is 17.5. The van der Waals surface area contributed by atoms with E-state index in [1.165, 1.54) is 24.7 Å². The van der Waals surface area contributed by atoms with Gasteiger partial charge in [-0.1, -0.05) is 30.7 Å². The third-order valence-corrected chi connectivity index (χ3v) is 9.45. The number of furan rings is 1. The Kier molecular flexibility index (Phi) is 7.25. The van der Waals surface area contributed by atoms with Crippen molar-refractivity contribution in [1.29, 1.82) is 0 Å². The van der Waals surface area contributed by atoms with Crippen molar-refractivity contribution < 1.29 is 26.0 Å². The number of amides is 1. The molecule has 2 aliphatic rings. The lowest BCUT2D eigenvalue weighted by atomic mass is 10.0. The topological polar surface area (TPSA) is 135 Å². The normalized spacial score (nSPS) is 16.1. The van der Waals surface area contributed by atoms with Gasteiger partial charge >= 0.3 is 0 Å². The third-order valence-electron chi connectivity index (χ3n) is 7.09. The molecule has 3 aromatic rings. The molecule has 2 N–H and O–H groups in total. The van der Waals surface area contributed by atoms with Gasteiger partial charge in [0.1, 0.15) is 21.4 Å². The number of hydrogen-bond donors (Lipinski definition) is 2. The van der Waals surface area contributed by atoms with E-state index >= 15 is 0 Å². The number of unbranched alkanes of at least 4 members (excludes halogenated alkanes) is 2. The van der Waals surface area contributed by atoms with Crippen molar-refractivity contribution in [3.63, 3.8) is 0 Å². The molecule has 2 fully saturated rings. The van der Waals surface area contributed by atoms with Gasteiger partial charge in [0, 0.05) is 24.6 Å². The maximum absolute atomic E-state index is 13.0. The third kappa shape index (κ3) is 6.20. The smallest absolute Gasteiger partial charge is 0.255 e. The first-order valence-electron chi connectivity index (χ1n) is 13.0. The van der Waals surface area contributed by atoms with Gasteiger partial charge in [0.15, 0.2) is 0 Å². The van der Waals surface area contributed by atoms with Gasteiger partial charge in [0.2, 0.25) is 15.7 Å². The van der Waals surface area contributed by atoms with Gasteiger partial charge in [0.25, 0.3) is 5.91 Å². The molecule has 2 aromatic heterocycles. The van der Waals surface area contributed by atoms with Crippen molar-refractivity contribution >= 4 is 42.7 Å². The Hall–Kier alpha value is -2.92. The second kappa shape index (κ2) is 10.3. The molecule has 0 unspecified atom stereocenters. The van der Waals surface area contributed by atoms with Crippen LogP contribution >= 0.6 is 0 Å². The largest absolute Gasteiger partial charge is 0.437 e. The number of fused-ring (bicyclic) bond motifs is 1. The summed E-state index contributed by atoms with van der Waals surface area (Å²) in [5, 5.41) is 3.25. The van der Waals surface area contributed by atoms with Crippen LogP contribution in [-0.4, -0.2) is 52.5 Å². The number of sulfonamides is 1. The van der Waals surface area contributed by atoms with Gasteiger partial charge in [-0.25, -0.2) is 16.8 Å². The first kappa shape index (κ1) is 26.7. The van der Waals surface area contributed by atoms with E-state index in [-0.39, 0.29) is 34.9 Å². The average Bonchev–Trinajstić information content (AvgIpc) is 3.78. The molecule has 5 rings (SSSR count). The lowest BCUT2D eigenvalue weighted by Gasteiger charge is -2.11. The van der Waals surface area contributed by atoms with Gasteiger partial charge in [-0.05, 0) is 67.6 Å². The molecule has 2 aliphatic carbocycles. The second-order valence-electron chi connectivity index (χ2n) is 10.4. The summed E-state index contributed by atoms with van der Waals surface area (Å²) in [5.74, 6) is 1.01. The lowest BCUT2D eigenvalue weighted by molar-refractivity contribution is 0.0964. The highest BCUT2D eigenvalue weighted by Crippen LogP contribution is 2.46. The molecule has 2 saturated carbocycles. The number of pyridine rings is 1. The fourth-order valence-electron chi connectivity index (χ4n) is 4.73. The zero-order valence-electron chi connectivity index (χ0n) is 21.6. The number of nitrogens with one attached hydrogen (secondary N) is 2. The van der Waals surface area contributed by atoms with Gasteiger partial charge < -0.3 is 9.73 Å². The molecule has 0 bridgehead atoms. The fraction of sp³-hybridized carbons (Fsp3) is 0.481. The van der Waals surface area contributed by atoms with Crippen LogP contribution in [0.3, 0.4) is 0 Å². The molecule has 0 atom stereocenters. The summed E-state index contributed by atoms with van der Waals surface area (Å²) in [5.41, 5.74) is 3.36. The molecule has 0 radical (unpaired) electrons. The van der Waals surface area contributed by atoms with E-state index in [4.69, 9.17) is 4.42 Å². The van der Waals surface area contributed by atoms with Crippen molar-refractivity contribution in [3.05, 3.63) is 47.0 Å². The van der Waals surface area contributed by atoms with E-state index in [1.54, 1.807) is 7.05 Å². The van der Waals surface area contributed by atoms with E-state index in [0.717, 1.165) is 24.0 Å². The number of carbonyl (C=O) groups excluding carboxylic acids is 1. The second-order valence-corrected chi connectivity index (χ2v) is 14.5. The number of aromatic nitrogens is 1. The standard InChI is InChI=1S/C27H33N3O6S2/c1-28-26(31)23-22-16-21(19-10-11-19)25(30-38(34,35)15-5-3-4-14-37(2,32)33)29-27(22)36-24(23)20-12-8-18(9-13-20)17-6-7-17/h8-9,12-13,16-17,19H,3-7,10-11,14-15H2,1-2H3,(H,28,31)(H,29,30). The minimum Gasteiger partial charge on any atom is -0.437 e. The van der Waals surface area contributed by atoms with Gasteiger partial charge in [-0.15, -0.1) is 0 Å². The fourth-order valence-corrected chi connectivity index (χ4v) is 6.61. The predicted octanol–water partition coefficient (Wildman–Crippen LogP) is 4.57.